The zero-order valence-corrected chi connectivity index (χ0v) is 12.0. The standard InChI is InChI=1S/C15H18BrFO/c16-13-7-12(8-14(17)10-13)9-15(18)6-5-11-3-1-2-4-11/h7-8,10-11H,1-6,9H2. The molecule has 3 heteroatoms. The molecule has 0 radical (unpaired) electrons. The number of rotatable bonds is 5. The third-order valence-electron chi connectivity index (χ3n) is 3.63. The zero-order valence-electron chi connectivity index (χ0n) is 10.4. The van der Waals surface area contributed by atoms with Crippen LogP contribution in [-0.4, -0.2) is 5.78 Å². The second kappa shape index (κ2) is 6.46. The molecule has 0 aliphatic heterocycles. The Morgan fingerprint density at radius 1 is 1.28 bits per heavy atom. The van der Waals surface area contributed by atoms with E-state index in [1.165, 1.54) is 37.8 Å². The highest BCUT2D eigenvalue weighted by Crippen LogP contribution is 2.28. The van der Waals surface area contributed by atoms with Crippen LogP contribution in [0.15, 0.2) is 22.7 Å². The molecule has 1 saturated carbocycles. The van der Waals surface area contributed by atoms with Crippen molar-refractivity contribution in [2.24, 2.45) is 5.92 Å². The molecule has 1 aromatic rings. The van der Waals surface area contributed by atoms with Crippen LogP contribution in [0.5, 0.6) is 0 Å². The van der Waals surface area contributed by atoms with Crippen LogP contribution in [0.4, 0.5) is 4.39 Å². The Bertz CT molecular complexity index is 404. The van der Waals surface area contributed by atoms with Crippen LogP contribution in [0.25, 0.3) is 0 Å². The van der Waals surface area contributed by atoms with E-state index in [4.69, 9.17) is 0 Å². The minimum absolute atomic E-state index is 0.222. The van der Waals surface area contributed by atoms with Gasteiger partial charge in [0, 0.05) is 17.3 Å². The molecule has 1 aromatic carbocycles. The quantitative estimate of drug-likeness (QED) is 0.772. The fourth-order valence-corrected chi connectivity index (χ4v) is 3.21. The van der Waals surface area contributed by atoms with E-state index in [1.807, 2.05) is 6.07 Å². The lowest BCUT2D eigenvalue weighted by molar-refractivity contribution is -0.118. The van der Waals surface area contributed by atoms with Gasteiger partial charge in [-0.05, 0) is 36.1 Å². The molecule has 1 nitrogen and oxygen atoms in total. The summed E-state index contributed by atoms with van der Waals surface area (Å²) >= 11 is 3.24. The van der Waals surface area contributed by atoms with E-state index in [1.54, 1.807) is 0 Å². The minimum Gasteiger partial charge on any atom is -0.299 e. The summed E-state index contributed by atoms with van der Waals surface area (Å²) in [4.78, 5) is 11.9. The Morgan fingerprint density at radius 3 is 2.67 bits per heavy atom. The third kappa shape index (κ3) is 4.20. The lowest BCUT2D eigenvalue weighted by Gasteiger charge is -2.08. The van der Waals surface area contributed by atoms with Crippen molar-refractivity contribution in [3.8, 4) is 0 Å². The Kier molecular flexibility index (Phi) is 4.93. The van der Waals surface area contributed by atoms with E-state index in [9.17, 15) is 9.18 Å². The number of Topliss-reactive ketones (excluding diaryl/α,β-unsaturated/α-hetero) is 1. The molecule has 0 unspecified atom stereocenters. The van der Waals surface area contributed by atoms with E-state index in [0.717, 1.165) is 17.9 Å². The molecular formula is C15H18BrFO. The Balaban J connectivity index is 1.82. The predicted octanol–water partition coefficient (Wildman–Crippen LogP) is 4.67. The number of ketones is 1. The minimum atomic E-state index is -0.289. The molecule has 2 rings (SSSR count). The Hall–Kier alpha value is -0.700. The van der Waals surface area contributed by atoms with Gasteiger partial charge in [-0.15, -0.1) is 0 Å². The van der Waals surface area contributed by atoms with Gasteiger partial charge in [-0.1, -0.05) is 41.6 Å². The first-order valence-electron chi connectivity index (χ1n) is 6.60. The summed E-state index contributed by atoms with van der Waals surface area (Å²) in [5.74, 6) is 0.676. The molecule has 1 aliphatic carbocycles. The van der Waals surface area contributed by atoms with Crippen molar-refractivity contribution in [2.45, 2.75) is 44.9 Å². The molecule has 0 amide bonds. The molecular weight excluding hydrogens is 295 g/mol. The van der Waals surface area contributed by atoms with Gasteiger partial charge >= 0.3 is 0 Å². The summed E-state index contributed by atoms with van der Waals surface area (Å²) < 4.78 is 13.9. The molecule has 1 fully saturated rings. The number of hydrogen-bond donors (Lipinski definition) is 0. The second-order valence-electron chi connectivity index (χ2n) is 5.18. The fourth-order valence-electron chi connectivity index (χ4n) is 2.69. The molecule has 0 N–H and O–H groups in total. The van der Waals surface area contributed by atoms with Gasteiger partial charge in [0.2, 0.25) is 0 Å². The van der Waals surface area contributed by atoms with Crippen molar-refractivity contribution in [3.63, 3.8) is 0 Å². The maximum Gasteiger partial charge on any atom is 0.137 e. The topological polar surface area (TPSA) is 17.1 Å². The molecule has 0 aromatic heterocycles. The van der Waals surface area contributed by atoms with Crippen molar-refractivity contribution >= 4 is 21.7 Å². The van der Waals surface area contributed by atoms with Crippen LogP contribution < -0.4 is 0 Å². The van der Waals surface area contributed by atoms with Gasteiger partial charge in [0.15, 0.2) is 0 Å². The maximum atomic E-state index is 13.2. The lowest BCUT2D eigenvalue weighted by atomic mass is 9.98. The zero-order chi connectivity index (χ0) is 13.0. The van der Waals surface area contributed by atoms with Crippen molar-refractivity contribution in [2.75, 3.05) is 0 Å². The van der Waals surface area contributed by atoms with Gasteiger partial charge < -0.3 is 0 Å². The van der Waals surface area contributed by atoms with E-state index in [0.29, 0.717) is 17.3 Å². The smallest absolute Gasteiger partial charge is 0.137 e. The molecule has 0 atom stereocenters. The summed E-state index contributed by atoms with van der Waals surface area (Å²) in [6.07, 6.45) is 7.18. The monoisotopic (exact) mass is 312 g/mol. The predicted molar refractivity (Wildman–Crippen MR) is 74.0 cm³/mol. The van der Waals surface area contributed by atoms with Crippen molar-refractivity contribution < 1.29 is 9.18 Å². The van der Waals surface area contributed by atoms with Crippen LogP contribution in [0.3, 0.4) is 0 Å². The van der Waals surface area contributed by atoms with Gasteiger partial charge in [-0.2, -0.15) is 0 Å². The normalized spacial score (nSPS) is 16.1. The molecule has 0 spiro atoms. The summed E-state index contributed by atoms with van der Waals surface area (Å²) in [5, 5.41) is 0. The van der Waals surface area contributed by atoms with Crippen LogP contribution in [0.2, 0.25) is 0 Å². The highest BCUT2D eigenvalue weighted by molar-refractivity contribution is 9.10. The molecule has 0 saturated heterocycles. The third-order valence-corrected chi connectivity index (χ3v) is 4.09. The number of halogens is 2. The SMILES string of the molecule is O=C(CCC1CCCC1)Cc1cc(F)cc(Br)c1. The number of hydrogen-bond acceptors (Lipinski definition) is 1. The van der Waals surface area contributed by atoms with E-state index in [2.05, 4.69) is 15.9 Å². The van der Waals surface area contributed by atoms with E-state index in [-0.39, 0.29) is 11.6 Å². The van der Waals surface area contributed by atoms with Gasteiger partial charge in [0.05, 0.1) is 0 Å². The van der Waals surface area contributed by atoms with Crippen LogP contribution in [0.1, 0.15) is 44.1 Å². The van der Waals surface area contributed by atoms with Crippen molar-refractivity contribution in [1.82, 2.24) is 0 Å². The largest absolute Gasteiger partial charge is 0.299 e. The van der Waals surface area contributed by atoms with E-state index < -0.39 is 0 Å². The molecule has 0 bridgehead atoms. The van der Waals surface area contributed by atoms with Gasteiger partial charge in [-0.25, -0.2) is 4.39 Å². The van der Waals surface area contributed by atoms with E-state index >= 15 is 0 Å². The average Bonchev–Trinajstić information content (AvgIpc) is 2.77. The van der Waals surface area contributed by atoms with Crippen molar-refractivity contribution in [1.29, 1.82) is 0 Å². The molecule has 1 aliphatic rings. The Morgan fingerprint density at radius 2 is 2.00 bits per heavy atom. The number of carbonyl (C=O) groups is 1. The van der Waals surface area contributed by atoms with Crippen LogP contribution in [-0.2, 0) is 11.2 Å². The first kappa shape index (κ1) is 13.7. The summed E-state index contributed by atoms with van der Waals surface area (Å²) in [6, 6.07) is 4.67. The highest BCUT2D eigenvalue weighted by Gasteiger charge is 2.16. The summed E-state index contributed by atoms with van der Waals surface area (Å²) in [6.45, 7) is 0. The van der Waals surface area contributed by atoms with Crippen molar-refractivity contribution in [3.05, 3.63) is 34.1 Å². The molecule has 0 heterocycles. The first-order chi connectivity index (χ1) is 8.63. The van der Waals surface area contributed by atoms with Crippen LogP contribution in [0, 0.1) is 11.7 Å². The molecule has 98 valence electrons. The second-order valence-corrected chi connectivity index (χ2v) is 6.10. The average molecular weight is 313 g/mol. The summed E-state index contributed by atoms with van der Waals surface area (Å²) in [5.41, 5.74) is 0.762. The van der Waals surface area contributed by atoms with Gasteiger partial charge in [0.25, 0.3) is 0 Å². The molecule has 18 heavy (non-hydrogen) atoms. The Labute approximate surface area is 116 Å². The van der Waals surface area contributed by atoms with Gasteiger partial charge in [0.1, 0.15) is 11.6 Å². The number of benzene rings is 1. The highest BCUT2D eigenvalue weighted by atomic mass is 79.9. The number of carbonyl (C=O) groups excluding carboxylic acids is 1. The fraction of sp³-hybridized carbons (Fsp3) is 0.533. The lowest BCUT2D eigenvalue weighted by Crippen LogP contribution is -2.05. The first-order valence-corrected chi connectivity index (χ1v) is 7.39. The van der Waals surface area contributed by atoms with Crippen LogP contribution >= 0.6 is 15.9 Å². The maximum absolute atomic E-state index is 13.2. The summed E-state index contributed by atoms with van der Waals surface area (Å²) in [7, 11) is 0. The van der Waals surface area contributed by atoms with Gasteiger partial charge in [-0.3, -0.25) is 4.79 Å².